The molecule has 65 heavy (non-hydrogen) atoms. The highest BCUT2D eigenvalue weighted by atomic mass is 16.7. The van der Waals surface area contributed by atoms with E-state index < -0.39 is 49.5 Å². The third-order valence-electron chi connectivity index (χ3n) is 12.3. The lowest BCUT2D eigenvalue weighted by molar-refractivity contribution is -0.302. The average molecular weight is 914 g/mol. The molecule has 9 nitrogen and oxygen atoms in total. The molecule has 0 aromatic heterocycles. The second-order valence-corrected chi connectivity index (χ2v) is 18.3. The van der Waals surface area contributed by atoms with Crippen molar-refractivity contribution in [3.63, 3.8) is 0 Å². The summed E-state index contributed by atoms with van der Waals surface area (Å²) in [5, 5.41) is 54.3. The molecule has 7 unspecified atom stereocenters. The van der Waals surface area contributed by atoms with Crippen LogP contribution < -0.4 is 5.32 Å². The fraction of sp³-hybridized carbons (Fsp3) is 0.768. The normalized spacial score (nSPS) is 20.5. The van der Waals surface area contributed by atoms with Gasteiger partial charge in [0.25, 0.3) is 0 Å². The Morgan fingerprint density at radius 1 is 0.538 bits per heavy atom. The number of rotatable bonds is 44. The van der Waals surface area contributed by atoms with Crippen molar-refractivity contribution in [1.29, 1.82) is 0 Å². The van der Waals surface area contributed by atoms with E-state index >= 15 is 0 Å². The maximum Gasteiger partial charge on any atom is 0.220 e. The van der Waals surface area contributed by atoms with Gasteiger partial charge >= 0.3 is 0 Å². The summed E-state index contributed by atoms with van der Waals surface area (Å²) in [6.45, 7) is 3.63. The molecule has 6 N–H and O–H groups in total. The summed E-state index contributed by atoms with van der Waals surface area (Å²) in [6, 6.07) is -0.839. The van der Waals surface area contributed by atoms with Crippen LogP contribution in [0.2, 0.25) is 0 Å². The summed E-state index contributed by atoms with van der Waals surface area (Å²) in [4.78, 5) is 13.0. The zero-order valence-electron chi connectivity index (χ0n) is 41.5. The van der Waals surface area contributed by atoms with E-state index in [9.17, 15) is 30.3 Å². The van der Waals surface area contributed by atoms with Crippen LogP contribution in [0.15, 0.2) is 72.9 Å². The van der Waals surface area contributed by atoms with Gasteiger partial charge in [-0.2, -0.15) is 0 Å². The molecule has 1 aliphatic heterocycles. The van der Waals surface area contributed by atoms with Crippen molar-refractivity contribution in [1.82, 2.24) is 5.32 Å². The van der Waals surface area contributed by atoms with Crippen LogP contribution in [0, 0.1) is 0 Å². The first-order valence-corrected chi connectivity index (χ1v) is 26.7. The second-order valence-electron chi connectivity index (χ2n) is 18.3. The van der Waals surface area contributed by atoms with Gasteiger partial charge in [-0.3, -0.25) is 4.79 Å². The van der Waals surface area contributed by atoms with Gasteiger partial charge in [0.1, 0.15) is 24.4 Å². The number of aliphatic hydroxyl groups is 5. The smallest absolute Gasteiger partial charge is 0.220 e. The minimum absolute atomic E-state index is 0.214. The Kier molecular flexibility index (Phi) is 42.4. The summed E-state index contributed by atoms with van der Waals surface area (Å²) in [5.41, 5.74) is 0. The van der Waals surface area contributed by atoms with Crippen molar-refractivity contribution in [2.75, 3.05) is 13.2 Å². The van der Waals surface area contributed by atoms with Gasteiger partial charge in [-0.15, -0.1) is 0 Å². The second kappa shape index (κ2) is 45.4. The number of hydrogen-bond acceptors (Lipinski definition) is 8. The third kappa shape index (κ3) is 35.4. The molecule has 1 heterocycles. The molecule has 7 atom stereocenters. The van der Waals surface area contributed by atoms with E-state index in [4.69, 9.17) is 9.47 Å². The summed E-state index contributed by atoms with van der Waals surface area (Å²) in [7, 11) is 0. The predicted molar refractivity (Wildman–Crippen MR) is 272 cm³/mol. The molecule has 0 spiro atoms. The van der Waals surface area contributed by atoms with Crippen LogP contribution in [0.25, 0.3) is 0 Å². The Morgan fingerprint density at radius 3 is 1.40 bits per heavy atom. The molecule has 0 aliphatic carbocycles. The maximum absolute atomic E-state index is 13.0. The topological polar surface area (TPSA) is 149 Å². The van der Waals surface area contributed by atoms with E-state index in [1.54, 1.807) is 6.08 Å². The number of carbonyl (C=O) groups is 1. The van der Waals surface area contributed by atoms with Crippen LogP contribution >= 0.6 is 0 Å². The highest BCUT2D eigenvalue weighted by Gasteiger charge is 2.44. The van der Waals surface area contributed by atoms with E-state index in [-0.39, 0.29) is 18.9 Å². The molecule has 1 saturated heterocycles. The quantitative estimate of drug-likeness (QED) is 0.0261. The van der Waals surface area contributed by atoms with Crippen molar-refractivity contribution >= 4 is 5.91 Å². The first-order chi connectivity index (χ1) is 31.8. The van der Waals surface area contributed by atoms with Gasteiger partial charge in [-0.25, -0.2) is 0 Å². The molecule has 0 aromatic carbocycles. The van der Waals surface area contributed by atoms with Crippen LogP contribution in [-0.4, -0.2) is 87.5 Å². The van der Waals surface area contributed by atoms with Crippen molar-refractivity contribution < 1.29 is 39.8 Å². The number of carbonyl (C=O) groups excluding carboxylic acids is 1. The average Bonchev–Trinajstić information content (AvgIpc) is 3.31. The van der Waals surface area contributed by atoms with Crippen LogP contribution in [0.4, 0.5) is 0 Å². The molecule has 376 valence electrons. The molecule has 0 aromatic rings. The predicted octanol–water partition coefficient (Wildman–Crippen LogP) is 12.5. The lowest BCUT2D eigenvalue weighted by Gasteiger charge is -2.40. The standard InChI is InChI=1S/C56H99NO8/c1-3-5-7-9-11-13-15-17-19-21-22-23-24-25-26-27-28-30-31-33-35-37-39-41-43-45-50(59)49(48-64-56-55(63)54(62)53(61)51(47-58)65-56)57-52(60)46-44-42-40-38-36-34-32-29-20-18-16-14-12-10-8-6-4-2/h6,8,12,14,18,20,32,34,38,40,43,45,49-51,53-56,58-59,61-63H,3-5,7,9-11,13,15-17,19,21-31,33,35-37,39,41-42,44,46-48H2,1-2H3,(H,57,60)/b8-6-,14-12-,20-18-,34-32-,40-38-,45-43+. The molecule has 1 fully saturated rings. The SMILES string of the molecule is CC/C=C\C/C=C\C/C=C\C/C=C\C/C=C\CCCC(=O)NC(COC1OC(CO)C(O)C(O)C1O)C(O)/C=C/CCCCCCCCCCCCCCCCCCCCCCCCC. The van der Waals surface area contributed by atoms with Crippen LogP contribution in [-0.2, 0) is 14.3 Å². The molecule has 0 radical (unpaired) electrons. The van der Waals surface area contributed by atoms with Gasteiger partial charge in [0, 0.05) is 6.42 Å². The molecule has 0 saturated carbocycles. The lowest BCUT2D eigenvalue weighted by atomic mass is 9.99. The molecular weight excluding hydrogens is 815 g/mol. The van der Waals surface area contributed by atoms with E-state index in [0.717, 1.165) is 57.8 Å². The zero-order valence-corrected chi connectivity index (χ0v) is 41.5. The number of hydrogen-bond donors (Lipinski definition) is 6. The molecule has 0 bridgehead atoms. The van der Waals surface area contributed by atoms with Crippen molar-refractivity contribution in [3.8, 4) is 0 Å². The first kappa shape index (κ1) is 60.6. The van der Waals surface area contributed by atoms with E-state index in [2.05, 4.69) is 79.9 Å². The maximum atomic E-state index is 13.0. The number of allylic oxidation sites excluding steroid dienone is 11. The van der Waals surface area contributed by atoms with Gasteiger partial charge in [-0.1, -0.05) is 228 Å². The van der Waals surface area contributed by atoms with Gasteiger partial charge in [0.2, 0.25) is 5.91 Å². The summed E-state index contributed by atoms with van der Waals surface area (Å²) in [5.74, 6) is -0.234. The molecule has 9 heteroatoms. The van der Waals surface area contributed by atoms with Gasteiger partial charge in [0.05, 0.1) is 25.4 Å². The van der Waals surface area contributed by atoms with Crippen molar-refractivity contribution in [2.45, 2.75) is 262 Å². The van der Waals surface area contributed by atoms with E-state index in [1.165, 1.54) is 135 Å². The molecule has 1 aliphatic rings. The Balaban J connectivity index is 2.30. The fourth-order valence-corrected chi connectivity index (χ4v) is 8.07. The highest BCUT2D eigenvalue weighted by Crippen LogP contribution is 2.23. The van der Waals surface area contributed by atoms with Gasteiger partial charge in [0.15, 0.2) is 6.29 Å². The summed E-state index contributed by atoms with van der Waals surface area (Å²) in [6.07, 6.45) is 55.4. The number of amides is 1. The van der Waals surface area contributed by atoms with Crippen molar-refractivity contribution in [2.24, 2.45) is 0 Å². The Hall–Kier alpha value is -2.37. The number of ether oxygens (including phenoxy) is 2. The van der Waals surface area contributed by atoms with E-state index in [1.807, 2.05) is 6.08 Å². The Labute approximate surface area is 398 Å². The van der Waals surface area contributed by atoms with Crippen LogP contribution in [0.3, 0.4) is 0 Å². The Morgan fingerprint density at radius 2 is 0.954 bits per heavy atom. The largest absolute Gasteiger partial charge is 0.394 e. The fourth-order valence-electron chi connectivity index (χ4n) is 8.07. The number of unbranched alkanes of at least 4 members (excludes halogenated alkanes) is 24. The van der Waals surface area contributed by atoms with Crippen LogP contribution in [0.1, 0.15) is 219 Å². The number of aliphatic hydroxyl groups excluding tert-OH is 5. The first-order valence-electron chi connectivity index (χ1n) is 26.7. The summed E-state index contributed by atoms with van der Waals surface area (Å²) < 4.78 is 11.2. The van der Waals surface area contributed by atoms with Crippen molar-refractivity contribution in [3.05, 3.63) is 72.9 Å². The minimum atomic E-state index is -1.58. The molecular formula is C56H99NO8. The monoisotopic (exact) mass is 914 g/mol. The third-order valence-corrected chi connectivity index (χ3v) is 12.3. The molecule has 1 rings (SSSR count). The number of nitrogens with one attached hydrogen (secondary N) is 1. The van der Waals surface area contributed by atoms with Crippen LogP contribution in [0.5, 0.6) is 0 Å². The van der Waals surface area contributed by atoms with E-state index in [0.29, 0.717) is 6.42 Å². The van der Waals surface area contributed by atoms with Gasteiger partial charge < -0.3 is 40.3 Å². The van der Waals surface area contributed by atoms with Gasteiger partial charge in [-0.05, 0) is 57.8 Å². The Bertz CT molecular complexity index is 1240. The summed E-state index contributed by atoms with van der Waals surface area (Å²) >= 11 is 0. The zero-order chi connectivity index (χ0) is 47.3. The minimum Gasteiger partial charge on any atom is -0.394 e. The molecule has 1 amide bonds. The highest BCUT2D eigenvalue weighted by molar-refractivity contribution is 5.76. The lowest BCUT2D eigenvalue weighted by Crippen LogP contribution is -2.60.